The minimum absolute atomic E-state index is 0. The van der Waals surface area contributed by atoms with Gasteiger partial charge in [-0.2, -0.15) is 39.5 Å². The van der Waals surface area contributed by atoms with Gasteiger partial charge in [-0.15, -0.1) is 17.0 Å². The maximum absolute atomic E-state index is 13.7. The van der Waals surface area contributed by atoms with Crippen LogP contribution >= 0.6 is 32.9 Å². The Labute approximate surface area is 140 Å². The van der Waals surface area contributed by atoms with Gasteiger partial charge in [-0.1, -0.05) is 0 Å². The van der Waals surface area contributed by atoms with E-state index in [0.29, 0.717) is 0 Å². The summed E-state index contributed by atoms with van der Waals surface area (Å²) in [6.45, 7) is 0. The van der Waals surface area contributed by atoms with Crippen LogP contribution in [0.25, 0.3) is 0 Å². The van der Waals surface area contributed by atoms with Crippen molar-refractivity contribution in [1.29, 1.82) is 0 Å². The number of benzene rings is 1. The van der Waals surface area contributed by atoms with E-state index in [2.05, 4.69) is 15.9 Å². The van der Waals surface area contributed by atoms with Crippen molar-refractivity contribution in [1.82, 2.24) is 0 Å². The zero-order valence-corrected chi connectivity index (χ0v) is 13.6. The summed E-state index contributed by atoms with van der Waals surface area (Å²) < 4.78 is 126. The Morgan fingerprint density at radius 1 is 0.783 bits per heavy atom. The lowest BCUT2D eigenvalue weighted by molar-refractivity contribution is -0.348. The second-order valence-electron chi connectivity index (χ2n) is 4.07. The number of rotatable bonds is 1. The standard InChI is InChI=1S/C10H4BrF10N.BrH/c11-5-2-3(1-4(6(5)22)8(13,14)15)7(12,9(16,17)18)10(19,20)21;/h1-2H,22H2;1H. The van der Waals surface area contributed by atoms with E-state index in [1.54, 1.807) is 0 Å². The Morgan fingerprint density at radius 3 is 1.48 bits per heavy atom. The highest BCUT2D eigenvalue weighted by Gasteiger charge is 2.73. The summed E-state index contributed by atoms with van der Waals surface area (Å²) >= 11 is 2.29. The van der Waals surface area contributed by atoms with Gasteiger partial charge in [0, 0.05) is 10.0 Å². The normalized spacial score (nSPS) is 13.7. The molecule has 0 atom stereocenters. The molecule has 0 saturated carbocycles. The average molecular weight is 489 g/mol. The molecule has 0 spiro atoms. The first kappa shape index (κ1) is 22.3. The fraction of sp³-hybridized carbons (Fsp3) is 0.400. The molecule has 0 aliphatic heterocycles. The van der Waals surface area contributed by atoms with E-state index in [1.807, 2.05) is 0 Å². The molecule has 0 heterocycles. The summed E-state index contributed by atoms with van der Waals surface area (Å²) in [6, 6.07) is -0.702. The summed E-state index contributed by atoms with van der Waals surface area (Å²) in [5, 5.41) is 0. The predicted molar refractivity (Wildman–Crippen MR) is 68.8 cm³/mol. The highest BCUT2D eigenvalue weighted by Crippen LogP contribution is 2.54. The first-order valence-corrected chi connectivity index (χ1v) is 5.82. The summed E-state index contributed by atoms with van der Waals surface area (Å²) in [4.78, 5) is 0. The molecule has 0 fully saturated rings. The van der Waals surface area contributed by atoms with Crippen molar-refractivity contribution in [2.75, 3.05) is 5.73 Å². The minimum atomic E-state index is -6.52. The molecule has 0 unspecified atom stereocenters. The van der Waals surface area contributed by atoms with Gasteiger partial charge in [0.25, 0.3) is 0 Å². The van der Waals surface area contributed by atoms with E-state index < -0.39 is 51.6 Å². The summed E-state index contributed by atoms with van der Waals surface area (Å²) in [7, 11) is 0. The van der Waals surface area contributed by atoms with Crippen molar-refractivity contribution in [3.05, 3.63) is 27.7 Å². The van der Waals surface area contributed by atoms with Crippen LogP contribution in [0.1, 0.15) is 11.1 Å². The number of hydrogen-bond acceptors (Lipinski definition) is 1. The molecule has 2 N–H and O–H groups in total. The van der Waals surface area contributed by atoms with E-state index >= 15 is 0 Å². The number of anilines is 1. The molecule has 1 aromatic carbocycles. The first-order chi connectivity index (χ1) is 9.53. The topological polar surface area (TPSA) is 26.0 Å². The lowest BCUT2D eigenvalue weighted by Crippen LogP contribution is -2.50. The van der Waals surface area contributed by atoms with Gasteiger partial charge in [-0.05, 0) is 28.1 Å². The van der Waals surface area contributed by atoms with Crippen LogP contribution < -0.4 is 5.73 Å². The highest BCUT2D eigenvalue weighted by atomic mass is 79.9. The molecule has 23 heavy (non-hydrogen) atoms. The van der Waals surface area contributed by atoms with E-state index in [1.165, 1.54) is 0 Å². The third-order valence-electron chi connectivity index (χ3n) is 2.61. The number of halogens is 12. The Bertz CT molecular complexity index is 561. The molecule has 0 bridgehead atoms. The van der Waals surface area contributed by atoms with E-state index in [-0.39, 0.29) is 23.0 Å². The molecule has 0 aromatic heterocycles. The van der Waals surface area contributed by atoms with Crippen LogP contribution in [0.2, 0.25) is 0 Å². The smallest absolute Gasteiger partial charge is 0.397 e. The Kier molecular flexibility index (Phi) is 6.10. The van der Waals surface area contributed by atoms with Crippen molar-refractivity contribution in [3.63, 3.8) is 0 Å². The molecule has 0 aliphatic carbocycles. The molecule has 1 rings (SSSR count). The Balaban J connectivity index is 0.00000484. The Hall–Kier alpha value is -0.720. The molecule has 1 nitrogen and oxygen atoms in total. The van der Waals surface area contributed by atoms with Gasteiger partial charge in [0.1, 0.15) is 0 Å². The average Bonchev–Trinajstić information content (AvgIpc) is 2.26. The van der Waals surface area contributed by atoms with Crippen LogP contribution in [0, 0.1) is 0 Å². The molecular weight excluding hydrogens is 484 g/mol. The van der Waals surface area contributed by atoms with Gasteiger partial charge in [0.2, 0.25) is 0 Å². The van der Waals surface area contributed by atoms with Crippen LogP contribution in [0.15, 0.2) is 16.6 Å². The van der Waals surface area contributed by atoms with Gasteiger partial charge >= 0.3 is 24.2 Å². The van der Waals surface area contributed by atoms with Crippen molar-refractivity contribution < 1.29 is 43.9 Å². The number of nitrogen functional groups attached to an aromatic ring is 1. The van der Waals surface area contributed by atoms with Crippen LogP contribution in [0.3, 0.4) is 0 Å². The molecule has 0 amide bonds. The number of nitrogens with two attached hydrogens (primary N) is 1. The van der Waals surface area contributed by atoms with Gasteiger partial charge in [-0.25, -0.2) is 4.39 Å². The lowest BCUT2D eigenvalue weighted by Gasteiger charge is -2.31. The fourth-order valence-corrected chi connectivity index (χ4v) is 2.00. The van der Waals surface area contributed by atoms with Crippen molar-refractivity contribution >= 4 is 38.6 Å². The fourth-order valence-electron chi connectivity index (χ4n) is 1.54. The molecule has 0 radical (unpaired) electrons. The second kappa shape index (κ2) is 6.30. The van der Waals surface area contributed by atoms with E-state index in [4.69, 9.17) is 5.73 Å². The van der Waals surface area contributed by atoms with Crippen LogP contribution in [0.5, 0.6) is 0 Å². The SMILES string of the molecule is Br.Nc1c(Br)cc(C(F)(C(F)(F)F)C(F)(F)F)cc1C(F)(F)F. The van der Waals surface area contributed by atoms with E-state index in [0.717, 1.165) is 0 Å². The molecular formula is C10H5Br2F10N. The summed E-state index contributed by atoms with van der Waals surface area (Å²) in [5.74, 6) is 0. The van der Waals surface area contributed by atoms with Crippen LogP contribution in [-0.2, 0) is 11.8 Å². The quantitative estimate of drug-likeness (QED) is 0.385. The first-order valence-electron chi connectivity index (χ1n) is 5.02. The highest BCUT2D eigenvalue weighted by molar-refractivity contribution is 9.10. The molecule has 13 heteroatoms. The zero-order chi connectivity index (χ0) is 17.7. The predicted octanol–water partition coefficient (Wildman–Crippen LogP) is 5.92. The largest absolute Gasteiger partial charge is 0.435 e. The van der Waals surface area contributed by atoms with Crippen molar-refractivity contribution in [2.24, 2.45) is 0 Å². The maximum atomic E-state index is 13.7. The monoisotopic (exact) mass is 487 g/mol. The molecule has 1 aromatic rings. The molecule has 134 valence electrons. The van der Waals surface area contributed by atoms with Crippen molar-refractivity contribution in [3.8, 4) is 0 Å². The second-order valence-corrected chi connectivity index (χ2v) is 4.93. The molecule has 0 saturated heterocycles. The van der Waals surface area contributed by atoms with Gasteiger partial charge in [0.15, 0.2) is 0 Å². The number of hydrogen-bond donors (Lipinski definition) is 1. The minimum Gasteiger partial charge on any atom is -0.397 e. The van der Waals surface area contributed by atoms with Crippen molar-refractivity contribution in [2.45, 2.75) is 24.2 Å². The van der Waals surface area contributed by atoms with E-state index in [9.17, 15) is 43.9 Å². The third-order valence-corrected chi connectivity index (χ3v) is 3.27. The third kappa shape index (κ3) is 3.86. The number of alkyl halides is 10. The van der Waals surface area contributed by atoms with Gasteiger partial charge in [-0.3, -0.25) is 0 Å². The zero-order valence-electron chi connectivity index (χ0n) is 10.3. The summed E-state index contributed by atoms with van der Waals surface area (Å²) in [5.41, 5.74) is -6.49. The lowest BCUT2D eigenvalue weighted by atomic mass is 9.92. The van der Waals surface area contributed by atoms with Crippen LogP contribution in [-0.4, -0.2) is 12.4 Å². The summed E-state index contributed by atoms with van der Waals surface area (Å²) in [6.07, 6.45) is -18.4. The maximum Gasteiger partial charge on any atom is 0.435 e. The van der Waals surface area contributed by atoms with Gasteiger partial charge < -0.3 is 5.73 Å². The van der Waals surface area contributed by atoms with Crippen LogP contribution in [0.4, 0.5) is 49.6 Å². The molecule has 0 aliphatic rings. The van der Waals surface area contributed by atoms with Gasteiger partial charge in [0.05, 0.1) is 11.3 Å². The Morgan fingerprint density at radius 2 is 1.17 bits per heavy atom.